The number of piperazine rings is 1. The van der Waals surface area contributed by atoms with Gasteiger partial charge in [0, 0.05) is 37.9 Å². The van der Waals surface area contributed by atoms with Gasteiger partial charge < -0.3 is 9.80 Å². The minimum absolute atomic E-state index is 0.0751. The van der Waals surface area contributed by atoms with E-state index in [-0.39, 0.29) is 11.4 Å². The molecule has 1 saturated carbocycles. The lowest BCUT2D eigenvalue weighted by atomic mass is 9.99. The fraction of sp³-hybridized carbons (Fsp3) is 0.304. The first kappa shape index (κ1) is 18.7. The molecule has 1 amide bonds. The van der Waals surface area contributed by atoms with Gasteiger partial charge in [0.25, 0.3) is 0 Å². The molecule has 1 aliphatic heterocycles. The van der Waals surface area contributed by atoms with Crippen LogP contribution in [0.4, 0.5) is 10.2 Å². The van der Waals surface area contributed by atoms with Gasteiger partial charge in [0.15, 0.2) is 5.82 Å². The van der Waals surface area contributed by atoms with Gasteiger partial charge in [-0.05, 0) is 30.4 Å². The van der Waals surface area contributed by atoms with Crippen molar-refractivity contribution in [2.45, 2.75) is 18.8 Å². The van der Waals surface area contributed by atoms with E-state index < -0.39 is 5.82 Å². The second-order valence-corrected chi connectivity index (χ2v) is 7.76. The summed E-state index contributed by atoms with van der Waals surface area (Å²) in [4.78, 5) is 28.8. The van der Waals surface area contributed by atoms with E-state index in [0.717, 1.165) is 24.0 Å². The normalized spacial score (nSPS) is 16.7. The average molecular weight is 403 g/mol. The summed E-state index contributed by atoms with van der Waals surface area (Å²) in [6.45, 7) is 5.90. The number of aromatic nitrogens is 3. The van der Waals surface area contributed by atoms with Crippen molar-refractivity contribution in [3.8, 4) is 11.3 Å². The molecule has 2 fully saturated rings. The Kier molecular flexibility index (Phi) is 4.65. The van der Waals surface area contributed by atoms with Crippen LogP contribution in [0.2, 0.25) is 0 Å². The molecule has 1 aliphatic carbocycles. The number of carbonyl (C=O) groups is 1. The first-order valence-electron chi connectivity index (χ1n) is 10.2. The number of hydrogen-bond acceptors (Lipinski definition) is 5. The molecule has 0 bridgehead atoms. The smallest absolute Gasteiger partial charge is 0.246 e. The molecule has 6 nitrogen and oxygen atoms in total. The van der Waals surface area contributed by atoms with Crippen molar-refractivity contribution in [3.63, 3.8) is 0 Å². The third-order valence-electron chi connectivity index (χ3n) is 5.90. The van der Waals surface area contributed by atoms with Crippen LogP contribution in [0.5, 0.6) is 0 Å². The molecule has 0 unspecified atom stereocenters. The second kappa shape index (κ2) is 7.48. The van der Waals surface area contributed by atoms with Crippen LogP contribution in [-0.2, 0) is 4.79 Å². The number of carbonyl (C=O) groups excluding carboxylic acids is 1. The highest BCUT2D eigenvalue weighted by Crippen LogP contribution is 2.44. The summed E-state index contributed by atoms with van der Waals surface area (Å²) < 4.78 is 15.5. The molecule has 0 spiro atoms. The summed E-state index contributed by atoms with van der Waals surface area (Å²) in [5, 5.41) is 0.589. The van der Waals surface area contributed by atoms with E-state index in [1.54, 1.807) is 11.1 Å². The molecule has 1 aromatic carbocycles. The highest BCUT2D eigenvalue weighted by molar-refractivity contribution is 5.92. The lowest BCUT2D eigenvalue weighted by Gasteiger charge is -2.35. The summed E-state index contributed by atoms with van der Waals surface area (Å²) in [7, 11) is 0. The Labute approximate surface area is 174 Å². The molecule has 5 rings (SSSR count). The quantitative estimate of drug-likeness (QED) is 0.624. The standard InChI is InChI=1S/C23H22FN5O/c1-2-19(30)28-9-11-29(12-10-28)23-18-13-25-21(20(24)22(18)26-14-27-23)17-6-4-3-5-16(17)15-7-8-15/h2-6,13-15H,1,7-12H2. The molecule has 0 N–H and O–H groups in total. The van der Waals surface area contributed by atoms with Gasteiger partial charge in [0.1, 0.15) is 23.4 Å². The van der Waals surface area contributed by atoms with Crippen molar-refractivity contribution in [3.05, 3.63) is 60.8 Å². The maximum Gasteiger partial charge on any atom is 0.246 e. The number of halogens is 1. The zero-order chi connectivity index (χ0) is 20.7. The molecule has 3 aromatic rings. The van der Waals surface area contributed by atoms with E-state index in [9.17, 15) is 4.79 Å². The van der Waals surface area contributed by atoms with E-state index in [2.05, 4.69) is 32.5 Å². The molecule has 2 aliphatic rings. The summed E-state index contributed by atoms with van der Waals surface area (Å²) >= 11 is 0. The molecule has 0 radical (unpaired) electrons. The van der Waals surface area contributed by atoms with Gasteiger partial charge in [-0.25, -0.2) is 14.4 Å². The minimum atomic E-state index is -0.412. The lowest BCUT2D eigenvalue weighted by Crippen LogP contribution is -2.48. The molecule has 1 saturated heterocycles. The topological polar surface area (TPSA) is 62.2 Å². The second-order valence-electron chi connectivity index (χ2n) is 7.76. The fourth-order valence-corrected chi connectivity index (χ4v) is 4.15. The Hall–Kier alpha value is -3.35. The van der Waals surface area contributed by atoms with Crippen molar-refractivity contribution in [2.75, 3.05) is 31.1 Å². The van der Waals surface area contributed by atoms with Crippen LogP contribution in [0.25, 0.3) is 22.2 Å². The van der Waals surface area contributed by atoms with Crippen molar-refractivity contribution >= 4 is 22.6 Å². The average Bonchev–Trinajstić information content (AvgIpc) is 3.64. The van der Waals surface area contributed by atoms with Gasteiger partial charge in [-0.3, -0.25) is 9.78 Å². The van der Waals surface area contributed by atoms with E-state index in [0.29, 0.717) is 49.0 Å². The Balaban J connectivity index is 1.51. The number of fused-ring (bicyclic) bond motifs is 1. The number of benzene rings is 1. The number of amides is 1. The van der Waals surface area contributed by atoms with Gasteiger partial charge in [-0.2, -0.15) is 0 Å². The first-order chi connectivity index (χ1) is 14.7. The summed E-state index contributed by atoms with van der Waals surface area (Å²) in [5.74, 6) is 0.659. The van der Waals surface area contributed by atoms with Gasteiger partial charge in [0.2, 0.25) is 5.91 Å². The van der Waals surface area contributed by atoms with E-state index in [1.165, 1.54) is 12.4 Å². The van der Waals surface area contributed by atoms with Crippen molar-refractivity contribution in [2.24, 2.45) is 0 Å². The van der Waals surface area contributed by atoms with Crippen molar-refractivity contribution in [1.82, 2.24) is 19.9 Å². The van der Waals surface area contributed by atoms with Gasteiger partial charge in [0.05, 0.1) is 5.39 Å². The maximum atomic E-state index is 15.5. The largest absolute Gasteiger partial charge is 0.352 e. The molecule has 3 heterocycles. The maximum absolute atomic E-state index is 15.5. The fourth-order valence-electron chi connectivity index (χ4n) is 4.15. The summed E-state index contributed by atoms with van der Waals surface area (Å²) in [6.07, 6.45) is 6.68. The SMILES string of the molecule is C=CC(=O)N1CCN(c2ncnc3c(F)c(-c4ccccc4C4CC4)ncc23)CC1. The highest BCUT2D eigenvalue weighted by atomic mass is 19.1. The number of anilines is 1. The van der Waals surface area contributed by atoms with Crippen LogP contribution >= 0.6 is 0 Å². The Bertz CT molecular complexity index is 1140. The molecular formula is C23H22FN5O. The molecule has 30 heavy (non-hydrogen) atoms. The molecule has 0 atom stereocenters. The van der Waals surface area contributed by atoms with Crippen LogP contribution in [0, 0.1) is 5.82 Å². The van der Waals surface area contributed by atoms with E-state index in [4.69, 9.17) is 0 Å². The van der Waals surface area contributed by atoms with Crippen molar-refractivity contribution in [1.29, 1.82) is 0 Å². The Morgan fingerprint density at radius 2 is 1.87 bits per heavy atom. The Morgan fingerprint density at radius 1 is 1.10 bits per heavy atom. The number of pyridine rings is 1. The molecule has 152 valence electrons. The molecule has 7 heteroatoms. The van der Waals surface area contributed by atoms with Crippen LogP contribution < -0.4 is 4.90 Å². The number of hydrogen-bond donors (Lipinski definition) is 0. The third kappa shape index (κ3) is 3.20. The van der Waals surface area contributed by atoms with Gasteiger partial charge in [-0.15, -0.1) is 0 Å². The molecule has 2 aromatic heterocycles. The zero-order valence-electron chi connectivity index (χ0n) is 16.6. The lowest BCUT2D eigenvalue weighted by molar-refractivity contribution is -0.126. The predicted molar refractivity (Wildman–Crippen MR) is 114 cm³/mol. The monoisotopic (exact) mass is 403 g/mol. The van der Waals surface area contributed by atoms with Crippen LogP contribution in [0.15, 0.2) is 49.4 Å². The van der Waals surface area contributed by atoms with Crippen molar-refractivity contribution < 1.29 is 9.18 Å². The van der Waals surface area contributed by atoms with E-state index in [1.807, 2.05) is 18.2 Å². The third-order valence-corrected chi connectivity index (χ3v) is 5.90. The van der Waals surface area contributed by atoms with Crippen LogP contribution in [0.3, 0.4) is 0 Å². The highest BCUT2D eigenvalue weighted by Gasteiger charge is 2.28. The van der Waals surface area contributed by atoms with Gasteiger partial charge in [-0.1, -0.05) is 30.8 Å². The zero-order valence-corrected chi connectivity index (χ0v) is 16.6. The minimum Gasteiger partial charge on any atom is -0.352 e. The van der Waals surface area contributed by atoms with Crippen LogP contribution in [-0.4, -0.2) is 51.9 Å². The predicted octanol–water partition coefficient (Wildman–Crippen LogP) is 3.54. The van der Waals surface area contributed by atoms with E-state index >= 15 is 4.39 Å². The van der Waals surface area contributed by atoms with Crippen LogP contribution in [0.1, 0.15) is 24.3 Å². The number of rotatable bonds is 4. The summed E-state index contributed by atoms with van der Waals surface area (Å²) in [6, 6.07) is 7.91. The first-order valence-corrected chi connectivity index (χ1v) is 10.2. The number of nitrogens with zero attached hydrogens (tertiary/aromatic N) is 5. The summed E-state index contributed by atoms with van der Waals surface area (Å²) in [5.41, 5.74) is 2.62. The molecular weight excluding hydrogens is 381 g/mol. The van der Waals surface area contributed by atoms with Gasteiger partial charge >= 0.3 is 0 Å². The Morgan fingerprint density at radius 3 is 2.60 bits per heavy atom.